The first-order chi connectivity index (χ1) is 19.4. The van der Waals surface area contributed by atoms with E-state index in [1.54, 1.807) is 7.05 Å². The molecule has 1 unspecified atom stereocenters. The molecule has 0 spiro atoms. The Labute approximate surface area is 231 Å². The van der Waals surface area contributed by atoms with Gasteiger partial charge in [0.15, 0.2) is 0 Å². The predicted molar refractivity (Wildman–Crippen MR) is 151 cm³/mol. The van der Waals surface area contributed by atoms with Crippen molar-refractivity contribution in [2.45, 2.75) is 44.6 Å². The Morgan fingerprint density at radius 3 is 2.62 bits per heavy atom. The molecule has 1 amide bonds. The highest BCUT2D eigenvalue weighted by atomic mass is 16.5. The number of anilines is 1. The zero-order valence-corrected chi connectivity index (χ0v) is 22.8. The highest BCUT2D eigenvalue weighted by molar-refractivity contribution is 6.07. The highest BCUT2D eigenvalue weighted by Gasteiger charge is 2.30. The zero-order chi connectivity index (χ0) is 27.8. The van der Waals surface area contributed by atoms with Crippen LogP contribution in [-0.4, -0.2) is 53.1 Å². The average molecular weight is 544 g/mol. The van der Waals surface area contributed by atoms with Crippen LogP contribution in [0.4, 0.5) is 5.69 Å². The zero-order valence-electron chi connectivity index (χ0n) is 22.8. The molecule has 40 heavy (non-hydrogen) atoms. The van der Waals surface area contributed by atoms with E-state index in [-0.39, 0.29) is 17.6 Å². The summed E-state index contributed by atoms with van der Waals surface area (Å²) in [6.07, 6.45) is 3.31. The summed E-state index contributed by atoms with van der Waals surface area (Å²) in [5.74, 6) is 1.13. The number of piperidine rings is 1. The van der Waals surface area contributed by atoms with Gasteiger partial charge in [0.1, 0.15) is 17.4 Å². The Balaban J connectivity index is 1.28. The number of amides is 1. The van der Waals surface area contributed by atoms with Crippen molar-refractivity contribution in [3.05, 3.63) is 69.8 Å². The molecule has 2 N–H and O–H groups in total. The second kappa shape index (κ2) is 10.8. The van der Waals surface area contributed by atoms with Gasteiger partial charge in [-0.05, 0) is 56.4 Å². The Kier molecular flexibility index (Phi) is 7.02. The van der Waals surface area contributed by atoms with Gasteiger partial charge in [-0.3, -0.25) is 9.59 Å². The molecule has 0 aliphatic carbocycles. The summed E-state index contributed by atoms with van der Waals surface area (Å²) in [5, 5.41) is 9.42. The normalized spacial score (nSPS) is 18.2. The summed E-state index contributed by atoms with van der Waals surface area (Å²) < 4.78 is 19.3. The minimum Gasteiger partial charge on any atom is -0.488 e. The predicted octanol–water partition coefficient (Wildman–Crippen LogP) is 3.94. The van der Waals surface area contributed by atoms with Gasteiger partial charge in [0.05, 0.1) is 17.8 Å². The van der Waals surface area contributed by atoms with E-state index in [2.05, 4.69) is 15.1 Å². The number of pyridine rings is 1. The molecule has 0 bridgehead atoms. The first-order valence-corrected chi connectivity index (χ1v) is 13.8. The van der Waals surface area contributed by atoms with E-state index >= 15 is 0 Å². The largest absolute Gasteiger partial charge is 0.488 e. The Morgan fingerprint density at radius 1 is 1.10 bits per heavy atom. The lowest BCUT2D eigenvalue weighted by Crippen LogP contribution is -2.38. The third-order valence-electron chi connectivity index (χ3n) is 7.99. The third kappa shape index (κ3) is 4.83. The molecule has 2 aromatic heterocycles. The number of aromatic nitrogens is 3. The van der Waals surface area contributed by atoms with Crippen LogP contribution >= 0.6 is 0 Å². The molecule has 2 aromatic carbocycles. The van der Waals surface area contributed by atoms with E-state index in [4.69, 9.17) is 19.6 Å². The molecular formula is C30H33N5O5. The van der Waals surface area contributed by atoms with Crippen LogP contribution in [0.15, 0.2) is 51.7 Å². The van der Waals surface area contributed by atoms with Crippen molar-refractivity contribution in [3.8, 4) is 17.2 Å². The number of aryl methyl sites for hydroxylation is 2. The number of carbonyl (C=O) groups is 1. The van der Waals surface area contributed by atoms with Crippen molar-refractivity contribution in [2.24, 2.45) is 12.8 Å². The smallest absolute Gasteiger partial charge is 0.265 e. The molecular weight excluding hydrogens is 510 g/mol. The summed E-state index contributed by atoms with van der Waals surface area (Å²) >= 11 is 0. The van der Waals surface area contributed by atoms with E-state index in [1.807, 2.05) is 49.4 Å². The molecule has 4 aromatic rings. The molecule has 2 aliphatic heterocycles. The fourth-order valence-corrected chi connectivity index (χ4v) is 5.79. The number of benzene rings is 2. The molecule has 6 rings (SSSR count). The second-order valence-corrected chi connectivity index (χ2v) is 10.6. The van der Waals surface area contributed by atoms with Gasteiger partial charge in [0, 0.05) is 49.7 Å². The summed E-state index contributed by atoms with van der Waals surface area (Å²) in [5.41, 5.74) is 8.61. The molecule has 2 fully saturated rings. The first-order valence-electron chi connectivity index (χ1n) is 13.8. The maximum absolute atomic E-state index is 13.4. The Morgan fingerprint density at radius 2 is 1.90 bits per heavy atom. The lowest BCUT2D eigenvalue weighted by Gasteiger charge is -2.34. The number of rotatable bonds is 6. The molecule has 1 atom stereocenters. The number of nitrogens with two attached hydrogens (primary N) is 1. The molecule has 2 saturated heterocycles. The van der Waals surface area contributed by atoms with Crippen LogP contribution in [0.3, 0.4) is 0 Å². The standard InChI is InChI=1S/C30H33N5O5/c1-18-6-3-4-8-22(18)29-33-32-28(40-29)19-11-13-35(14-12-19)26-23-10-9-20(39-21-7-5-15-38-17-21)16-24(23)34(2)30(37)25(26)27(31)36/h3-4,6,8-10,16,19,21H,5,7,11-15,17H2,1-2H3,(H2,31,36). The number of ether oxygens (including phenoxy) is 2. The first kappa shape index (κ1) is 26.1. The van der Waals surface area contributed by atoms with E-state index in [1.165, 1.54) is 4.57 Å². The summed E-state index contributed by atoms with van der Waals surface area (Å²) in [6, 6.07) is 13.6. The van der Waals surface area contributed by atoms with Gasteiger partial charge < -0.3 is 29.1 Å². The summed E-state index contributed by atoms with van der Waals surface area (Å²) in [6.45, 7) is 4.52. The van der Waals surface area contributed by atoms with Gasteiger partial charge in [-0.25, -0.2) is 0 Å². The number of hydrogen-bond donors (Lipinski definition) is 1. The summed E-state index contributed by atoms with van der Waals surface area (Å²) in [7, 11) is 1.65. The minimum atomic E-state index is -0.737. The molecule has 10 heteroatoms. The van der Waals surface area contributed by atoms with Crippen LogP contribution in [0, 0.1) is 6.92 Å². The van der Waals surface area contributed by atoms with Crippen molar-refractivity contribution in [3.63, 3.8) is 0 Å². The molecule has 0 saturated carbocycles. The number of primary amides is 1. The van der Waals surface area contributed by atoms with Gasteiger partial charge in [0.25, 0.3) is 11.5 Å². The average Bonchev–Trinajstić information content (AvgIpc) is 3.46. The van der Waals surface area contributed by atoms with E-state index in [9.17, 15) is 9.59 Å². The number of nitrogens with zero attached hydrogens (tertiary/aromatic N) is 4. The molecule has 208 valence electrons. The van der Waals surface area contributed by atoms with Gasteiger partial charge in [-0.1, -0.05) is 18.2 Å². The maximum Gasteiger partial charge on any atom is 0.265 e. The van der Waals surface area contributed by atoms with Crippen LogP contribution in [0.5, 0.6) is 5.75 Å². The van der Waals surface area contributed by atoms with E-state index < -0.39 is 11.5 Å². The third-order valence-corrected chi connectivity index (χ3v) is 7.99. The van der Waals surface area contributed by atoms with Crippen molar-refractivity contribution in [2.75, 3.05) is 31.2 Å². The van der Waals surface area contributed by atoms with Crippen LogP contribution in [0.25, 0.3) is 22.4 Å². The van der Waals surface area contributed by atoms with Gasteiger partial charge >= 0.3 is 0 Å². The fourth-order valence-electron chi connectivity index (χ4n) is 5.79. The quantitative estimate of drug-likeness (QED) is 0.388. The van der Waals surface area contributed by atoms with E-state index in [0.717, 1.165) is 48.8 Å². The lowest BCUT2D eigenvalue weighted by atomic mass is 9.95. The lowest BCUT2D eigenvalue weighted by molar-refractivity contribution is 0.00748. The Bertz CT molecular complexity index is 1610. The van der Waals surface area contributed by atoms with Crippen molar-refractivity contribution >= 4 is 22.5 Å². The van der Waals surface area contributed by atoms with Crippen LogP contribution in [-0.2, 0) is 11.8 Å². The number of fused-ring (bicyclic) bond motifs is 1. The SMILES string of the molecule is Cc1ccccc1-c1nnc(C2CCN(c3c(C(N)=O)c(=O)n(C)c4cc(OC5CCCOC5)ccc34)CC2)o1. The summed E-state index contributed by atoms with van der Waals surface area (Å²) in [4.78, 5) is 28.0. The highest BCUT2D eigenvalue weighted by Crippen LogP contribution is 2.36. The van der Waals surface area contributed by atoms with Crippen molar-refractivity contribution in [1.29, 1.82) is 0 Å². The van der Waals surface area contributed by atoms with Crippen molar-refractivity contribution < 1.29 is 18.7 Å². The number of hydrogen-bond acceptors (Lipinski definition) is 8. The molecule has 4 heterocycles. The molecule has 2 aliphatic rings. The van der Waals surface area contributed by atoms with Crippen molar-refractivity contribution in [1.82, 2.24) is 14.8 Å². The monoisotopic (exact) mass is 543 g/mol. The Hall–Kier alpha value is -4.18. The molecule has 0 radical (unpaired) electrons. The fraction of sp³-hybridized carbons (Fsp3) is 0.400. The van der Waals surface area contributed by atoms with Gasteiger partial charge in [0.2, 0.25) is 11.8 Å². The van der Waals surface area contributed by atoms with Crippen LogP contribution in [0.2, 0.25) is 0 Å². The van der Waals surface area contributed by atoms with E-state index in [0.29, 0.717) is 48.4 Å². The van der Waals surface area contributed by atoms with Gasteiger partial charge in [-0.15, -0.1) is 10.2 Å². The minimum absolute atomic E-state index is 0.00225. The maximum atomic E-state index is 13.4. The van der Waals surface area contributed by atoms with Gasteiger partial charge in [-0.2, -0.15) is 0 Å². The second-order valence-electron chi connectivity index (χ2n) is 10.6. The van der Waals surface area contributed by atoms with Crippen LogP contribution in [0.1, 0.15) is 53.4 Å². The molecule has 10 nitrogen and oxygen atoms in total. The number of carbonyl (C=O) groups excluding carboxylic acids is 1. The van der Waals surface area contributed by atoms with Crippen LogP contribution < -0.4 is 20.9 Å². The topological polar surface area (TPSA) is 126 Å².